The molecule has 1 aliphatic rings. The van der Waals surface area contributed by atoms with Gasteiger partial charge in [-0.2, -0.15) is 0 Å². The maximum atomic E-state index is 10.3. The molecule has 20 heavy (non-hydrogen) atoms. The summed E-state index contributed by atoms with van der Waals surface area (Å²) in [6.45, 7) is 1.11. The van der Waals surface area contributed by atoms with Crippen molar-refractivity contribution >= 4 is 11.6 Å². The van der Waals surface area contributed by atoms with E-state index in [9.17, 15) is 5.11 Å². The van der Waals surface area contributed by atoms with Gasteiger partial charge in [0.15, 0.2) is 11.5 Å². The van der Waals surface area contributed by atoms with Gasteiger partial charge in [-0.1, -0.05) is 29.8 Å². The van der Waals surface area contributed by atoms with Crippen molar-refractivity contribution in [2.75, 3.05) is 13.2 Å². The van der Waals surface area contributed by atoms with Crippen LogP contribution in [-0.2, 0) is 6.42 Å². The van der Waals surface area contributed by atoms with Crippen LogP contribution in [0.15, 0.2) is 42.5 Å². The van der Waals surface area contributed by atoms with Crippen LogP contribution in [0, 0.1) is 0 Å². The predicted octanol–water partition coefficient (Wildman–Crippen LogP) is 3.39. The lowest BCUT2D eigenvalue weighted by Gasteiger charge is -2.20. The highest BCUT2D eigenvalue weighted by atomic mass is 35.5. The Labute approximate surface area is 122 Å². The van der Waals surface area contributed by atoms with E-state index in [-0.39, 0.29) is 0 Å². The monoisotopic (exact) mass is 290 g/mol. The van der Waals surface area contributed by atoms with Crippen molar-refractivity contribution in [2.24, 2.45) is 0 Å². The van der Waals surface area contributed by atoms with Gasteiger partial charge in [0.2, 0.25) is 0 Å². The van der Waals surface area contributed by atoms with Gasteiger partial charge >= 0.3 is 0 Å². The van der Waals surface area contributed by atoms with Gasteiger partial charge in [-0.25, -0.2) is 0 Å². The smallest absolute Gasteiger partial charge is 0.161 e. The molecule has 0 bridgehead atoms. The fraction of sp³-hybridized carbons (Fsp3) is 0.250. The molecule has 0 amide bonds. The molecular formula is C16H15ClO3. The highest BCUT2D eigenvalue weighted by Gasteiger charge is 2.15. The molecule has 1 N–H and O–H groups in total. The van der Waals surface area contributed by atoms with E-state index in [0.717, 1.165) is 16.9 Å². The number of ether oxygens (including phenoxy) is 2. The maximum Gasteiger partial charge on any atom is 0.161 e. The average molecular weight is 291 g/mol. The standard InChI is InChI=1S/C16H15ClO3/c17-13-3-1-2-11(8-13)9-14(18)12-4-5-15-16(10-12)20-7-6-19-15/h1-5,8,10,14,18H,6-7,9H2. The molecule has 3 rings (SSSR count). The first-order valence-electron chi connectivity index (χ1n) is 6.54. The normalized spacial score (nSPS) is 14.9. The predicted molar refractivity (Wildman–Crippen MR) is 77.5 cm³/mol. The Bertz CT molecular complexity index is 612. The van der Waals surface area contributed by atoms with Crippen molar-refractivity contribution in [1.29, 1.82) is 0 Å². The Morgan fingerprint density at radius 3 is 2.65 bits per heavy atom. The van der Waals surface area contributed by atoms with Crippen LogP contribution in [0.25, 0.3) is 0 Å². The van der Waals surface area contributed by atoms with Crippen LogP contribution in [0.5, 0.6) is 11.5 Å². The van der Waals surface area contributed by atoms with Gasteiger partial charge in [-0.3, -0.25) is 0 Å². The number of hydrogen-bond acceptors (Lipinski definition) is 3. The number of aliphatic hydroxyl groups is 1. The molecule has 0 saturated heterocycles. The van der Waals surface area contributed by atoms with Crippen LogP contribution in [0.2, 0.25) is 5.02 Å². The Balaban J connectivity index is 1.78. The molecular weight excluding hydrogens is 276 g/mol. The summed E-state index contributed by atoms with van der Waals surface area (Å²) in [6, 6.07) is 13.1. The Morgan fingerprint density at radius 2 is 1.85 bits per heavy atom. The third kappa shape index (κ3) is 2.89. The van der Waals surface area contributed by atoms with Crippen molar-refractivity contribution in [1.82, 2.24) is 0 Å². The second kappa shape index (κ2) is 5.73. The molecule has 4 heteroatoms. The Hall–Kier alpha value is -1.71. The lowest BCUT2D eigenvalue weighted by molar-refractivity contribution is 0.164. The fourth-order valence-corrected chi connectivity index (χ4v) is 2.49. The van der Waals surface area contributed by atoms with Gasteiger partial charge in [0.1, 0.15) is 13.2 Å². The van der Waals surface area contributed by atoms with Gasteiger partial charge in [0.25, 0.3) is 0 Å². The molecule has 3 nitrogen and oxygen atoms in total. The largest absolute Gasteiger partial charge is 0.486 e. The van der Waals surface area contributed by atoms with Crippen molar-refractivity contribution in [3.8, 4) is 11.5 Å². The first-order valence-corrected chi connectivity index (χ1v) is 6.92. The number of fused-ring (bicyclic) bond motifs is 1. The van der Waals surface area contributed by atoms with E-state index in [0.29, 0.717) is 30.4 Å². The first kappa shape index (κ1) is 13.3. The van der Waals surface area contributed by atoms with E-state index in [1.807, 2.05) is 42.5 Å². The van der Waals surface area contributed by atoms with E-state index < -0.39 is 6.10 Å². The Kier molecular flexibility index (Phi) is 3.81. The highest BCUT2D eigenvalue weighted by Crippen LogP contribution is 2.33. The minimum absolute atomic E-state index is 0.514. The summed E-state index contributed by atoms with van der Waals surface area (Å²) in [6.07, 6.45) is -0.0792. The maximum absolute atomic E-state index is 10.3. The molecule has 104 valence electrons. The van der Waals surface area contributed by atoms with Crippen molar-refractivity contribution in [3.05, 3.63) is 58.6 Å². The van der Waals surface area contributed by atoms with Crippen molar-refractivity contribution in [2.45, 2.75) is 12.5 Å². The highest BCUT2D eigenvalue weighted by molar-refractivity contribution is 6.30. The fourth-order valence-electron chi connectivity index (χ4n) is 2.27. The van der Waals surface area contributed by atoms with E-state index in [1.54, 1.807) is 0 Å². The van der Waals surface area contributed by atoms with E-state index in [2.05, 4.69) is 0 Å². The summed E-state index contributed by atoms with van der Waals surface area (Å²) in [7, 11) is 0. The molecule has 1 heterocycles. The third-order valence-corrected chi connectivity index (χ3v) is 3.50. The summed E-state index contributed by atoms with van der Waals surface area (Å²) < 4.78 is 11.0. The molecule has 1 atom stereocenters. The van der Waals surface area contributed by atoms with Crippen LogP contribution in [0.4, 0.5) is 0 Å². The van der Waals surface area contributed by atoms with Gasteiger partial charge in [-0.05, 0) is 35.4 Å². The lowest BCUT2D eigenvalue weighted by atomic mass is 10.0. The number of halogens is 1. The SMILES string of the molecule is OC(Cc1cccc(Cl)c1)c1ccc2c(c1)OCCO2. The van der Waals surface area contributed by atoms with E-state index in [4.69, 9.17) is 21.1 Å². The summed E-state index contributed by atoms with van der Waals surface area (Å²) in [5.41, 5.74) is 1.81. The van der Waals surface area contributed by atoms with Crippen molar-refractivity contribution < 1.29 is 14.6 Å². The van der Waals surface area contributed by atoms with E-state index in [1.165, 1.54) is 0 Å². The molecule has 2 aromatic rings. The molecule has 0 aromatic heterocycles. The Morgan fingerprint density at radius 1 is 1.05 bits per heavy atom. The van der Waals surface area contributed by atoms with Crippen molar-refractivity contribution in [3.63, 3.8) is 0 Å². The number of hydrogen-bond donors (Lipinski definition) is 1. The number of rotatable bonds is 3. The zero-order valence-electron chi connectivity index (χ0n) is 10.9. The number of benzene rings is 2. The topological polar surface area (TPSA) is 38.7 Å². The second-order valence-corrected chi connectivity index (χ2v) is 5.19. The minimum atomic E-state index is -0.593. The lowest BCUT2D eigenvalue weighted by Crippen LogP contribution is -2.15. The molecule has 0 saturated carbocycles. The van der Waals surface area contributed by atoms with E-state index >= 15 is 0 Å². The van der Waals surface area contributed by atoms with Crippen LogP contribution in [0.3, 0.4) is 0 Å². The second-order valence-electron chi connectivity index (χ2n) is 4.75. The summed E-state index contributed by atoms with van der Waals surface area (Å²) in [4.78, 5) is 0. The molecule has 0 radical (unpaired) electrons. The van der Waals surface area contributed by atoms with Crippen LogP contribution in [-0.4, -0.2) is 18.3 Å². The molecule has 2 aromatic carbocycles. The number of aliphatic hydroxyl groups excluding tert-OH is 1. The quantitative estimate of drug-likeness (QED) is 0.942. The summed E-state index contributed by atoms with van der Waals surface area (Å²) >= 11 is 5.95. The summed E-state index contributed by atoms with van der Waals surface area (Å²) in [5, 5.41) is 11.0. The van der Waals surface area contributed by atoms with Crippen LogP contribution in [0.1, 0.15) is 17.2 Å². The van der Waals surface area contributed by atoms with Gasteiger partial charge in [-0.15, -0.1) is 0 Å². The van der Waals surface area contributed by atoms with Crippen LogP contribution >= 0.6 is 11.6 Å². The summed E-state index contributed by atoms with van der Waals surface area (Å²) in [5.74, 6) is 1.42. The van der Waals surface area contributed by atoms with Gasteiger partial charge in [0.05, 0.1) is 6.10 Å². The molecule has 0 fully saturated rings. The molecule has 1 unspecified atom stereocenters. The third-order valence-electron chi connectivity index (χ3n) is 3.27. The molecule has 0 aliphatic carbocycles. The minimum Gasteiger partial charge on any atom is -0.486 e. The molecule has 1 aliphatic heterocycles. The first-order chi connectivity index (χ1) is 9.72. The zero-order chi connectivity index (χ0) is 13.9. The average Bonchev–Trinajstić information content (AvgIpc) is 2.47. The van der Waals surface area contributed by atoms with Crippen LogP contribution < -0.4 is 9.47 Å². The van der Waals surface area contributed by atoms with Gasteiger partial charge in [0, 0.05) is 11.4 Å². The molecule has 0 spiro atoms. The van der Waals surface area contributed by atoms with Gasteiger partial charge < -0.3 is 14.6 Å². The zero-order valence-corrected chi connectivity index (χ0v) is 11.6.